The number of ether oxygens (including phenoxy) is 1. The molecule has 0 radical (unpaired) electrons. The minimum Gasteiger partial charge on any atom is -0.385 e. The van der Waals surface area contributed by atoms with Crippen LogP contribution in [0.5, 0.6) is 0 Å². The molecule has 0 aromatic carbocycles. The summed E-state index contributed by atoms with van der Waals surface area (Å²) in [4.78, 5) is 0. The van der Waals surface area contributed by atoms with Gasteiger partial charge in [0.25, 0.3) is 0 Å². The van der Waals surface area contributed by atoms with Crippen molar-refractivity contribution >= 4 is 15.9 Å². The van der Waals surface area contributed by atoms with Crippen molar-refractivity contribution in [2.24, 2.45) is 0 Å². The highest BCUT2D eigenvalue weighted by atomic mass is 79.9. The van der Waals surface area contributed by atoms with E-state index in [1.54, 1.807) is 7.11 Å². The van der Waals surface area contributed by atoms with Crippen LogP contribution in [0.4, 0.5) is 0 Å². The van der Waals surface area contributed by atoms with E-state index >= 15 is 0 Å². The predicted molar refractivity (Wildman–Crippen MR) is 51.2 cm³/mol. The van der Waals surface area contributed by atoms with Gasteiger partial charge in [-0.1, -0.05) is 0 Å². The van der Waals surface area contributed by atoms with Gasteiger partial charge in [0.05, 0.1) is 10.2 Å². The lowest BCUT2D eigenvalue weighted by Gasteiger charge is -1.99. The van der Waals surface area contributed by atoms with E-state index in [0.717, 1.165) is 29.7 Å². The molecule has 0 unspecified atom stereocenters. The Morgan fingerprint density at radius 1 is 1.67 bits per heavy atom. The van der Waals surface area contributed by atoms with E-state index in [1.165, 1.54) is 0 Å². The first-order valence-electron chi connectivity index (χ1n) is 3.92. The van der Waals surface area contributed by atoms with Crippen molar-refractivity contribution in [2.45, 2.75) is 19.9 Å². The number of hydrogen-bond donors (Lipinski definition) is 0. The van der Waals surface area contributed by atoms with E-state index in [1.807, 2.05) is 17.8 Å². The van der Waals surface area contributed by atoms with Gasteiger partial charge in [-0.25, -0.2) is 0 Å². The molecule has 1 aromatic heterocycles. The van der Waals surface area contributed by atoms with Crippen LogP contribution in [0.15, 0.2) is 10.7 Å². The zero-order chi connectivity index (χ0) is 8.97. The molecule has 68 valence electrons. The lowest BCUT2D eigenvalue weighted by Crippen LogP contribution is -2.01. The Balaban J connectivity index is 2.42. The lowest BCUT2D eigenvalue weighted by molar-refractivity contribution is 0.189. The van der Waals surface area contributed by atoms with Crippen LogP contribution in [0.2, 0.25) is 0 Å². The molecule has 0 spiro atoms. The fourth-order valence-corrected chi connectivity index (χ4v) is 1.29. The summed E-state index contributed by atoms with van der Waals surface area (Å²) in [6.45, 7) is 3.69. The summed E-state index contributed by atoms with van der Waals surface area (Å²) < 4.78 is 7.95. The first-order valence-corrected chi connectivity index (χ1v) is 4.72. The van der Waals surface area contributed by atoms with Crippen molar-refractivity contribution < 1.29 is 4.74 Å². The maximum absolute atomic E-state index is 4.95. The standard InChI is InChI=1S/C8H13BrN2O/c1-7-8(9)6-11(10-7)4-3-5-12-2/h6H,3-5H2,1-2H3. The largest absolute Gasteiger partial charge is 0.385 e. The van der Waals surface area contributed by atoms with E-state index in [2.05, 4.69) is 21.0 Å². The van der Waals surface area contributed by atoms with Crippen molar-refractivity contribution in [3.05, 3.63) is 16.4 Å². The lowest BCUT2D eigenvalue weighted by atomic mass is 10.4. The number of nitrogens with zero attached hydrogens (tertiary/aromatic N) is 2. The summed E-state index contributed by atoms with van der Waals surface area (Å²) in [5, 5.41) is 4.30. The number of aromatic nitrogens is 2. The minimum absolute atomic E-state index is 0.788. The molecule has 0 aliphatic heterocycles. The fourth-order valence-electron chi connectivity index (χ4n) is 0.979. The van der Waals surface area contributed by atoms with E-state index < -0.39 is 0 Å². The third-order valence-electron chi connectivity index (χ3n) is 1.62. The zero-order valence-corrected chi connectivity index (χ0v) is 8.97. The van der Waals surface area contributed by atoms with Gasteiger partial charge in [-0.05, 0) is 29.3 Å². The Labute approximate surface area is 80.8 Å². The quantitative estimate of drug-likeness (QED) is 0.743. The monoisotopic (exact) mass is 232 g/mol. The highest BCUT2D eigenvalue weighted by Gasteiger charge is 1.99. The molecule has 0 aliphatic carbocycles. The Kier molecular flexibility index (Phi) is 3.75. The SMILES string of the molecule is COCCCn1cc(Br)c(C)n1. The van der Waals surface area contributed by atoms with Gasteiger partial charge >= 0.3 is 0 Å². The Hall–Kier alpha value is -0.350. The molecular formula is C8H13BrN2O. The van der Waals surface area contributed by atoms with Crippen molar-refractivity contribution in [1.82, 2.24) is 9.78 Å². The third-order valence-corrected chi connectivity index (χ3v) is 2.40. The summed E-state index contributed by atoms with van der Waals surface area (Å²) in [6, 6.07) is 0. The molecule has 0 amide bonds. The van der Waals surface area contributed by atoms with Crippen LogP contribution < -0.4 is 0 Å². The average Bonchev–Trinajstić information content (AvgIpc) is 2.32. The molecule has 0 atom stereocenters. The van der Waals surface area contributed by atoms with Gasteiger partial charge < -0.3 is 4.74 Å². The molecule has 1 rings (SSSR count). The molecule has 0 bridgehead atoms. The number of halogens is 1. The van der Waals surface area contributed by atoms with Gasteiger partial charge in [-0.15, -0.1) is 0 Å². The molecule has 0 fully saturated rings. The van der Waals surface area contributed by atoms with Gasteiger partial charge in [0.1, 0.15) is 0 Å². The summed E-state index contributed by atoms with van der Waals surface area (Å²) >= 11 is 3.41. The average molecular weight is 233 g/mol. The van der Waals surface area contributed by atoms with Crippen molar-refractivity contribution in [3.8, 4) is 0 Å². The summed E-state index contributed by atoms with van der Waals surface area (Å²) in [5.41, 5.74) is 1.03. The summed E-state index contributed by atoms with van der Waals surface area (Å²) in [6.07, 6.45) is 3.00. The van der Waals surface area contributed by atoms with Gasteiger partial charge in [0.2, 0.25) is 0 Å². The van der Waals surface area contributed by atoms with Gasteiger partial charge in [0, 0.05) is 26.5 Å². The van der Waals surface area contributed by atoms with Gasteiger partial charge in [0.15, 0.2) is 0 Å². The topological polar surface area (TPSA) is 27.1 Å². The maximum atomic E-state index is 4.95. The molecule has 0 saturated heterocycles. The second-order valence-electron chi connectivity index (χ2n) is 2.67. The second-order valence-corrected chi connectivity index (χ2v) is 3.53. The number of methoxy groups -OCH3 is 1. The third kappa shape index (κ3) is 2.60. The van der Waals surface area contributed by atoms with Gasteiger partial charge in [-0.2, -0.15) is 5.10 Å². The Morgan fingerprint density at radius 3 is 2.92 bits per heavy atom. The Morgan fingerprint density at radius 2 is 2.42 bits per heavy atom. The van der Waals surface area contributed by atoms with Crippen LogP contribution in [0, 0.1) is 6.92 Å². The second kappa shape index (κ2) is 4.62. The number of rotatable bonds is 4. The van der Waals surface area contributed by atoms with Crippen molar-refractivity contribution in [3.63, 3.8) is 0 Å². The normalized spacial score (nSPS) is 10.6. The van der Waals surface area contributed by atoms with Crippen LogP contribution in [0.25, 0.3) is 0 Å². The summed E-state index contributed by atoms with van der Waals surface area (Å²) in [5.74, 6) is 0. The molecule has 0 saturated carbocycles. The maximum Gasteiger partial charge on any atom is 0.0735 e. The van der Waals surface area contributed by atoms with Crippen molar-refractivity contribution in [2.75, 3.05) is 13.7 Å². The fraction of sp³-hybridized carbons (Fsp3) is 0.625. The smallest absolute Gasteiger partial charge is 0.0735 e. The van der Waals surface area contributed by atoms with Crippen LogP contribution in [0.3, 0.4) is 0 Å². The molecule has 1 aromatic rings. The molecule has 1 heterocycles. The molecule has 12 heavy (non-hydrogen) atoms. The van der Waals surface area contributed by atoms with E-state index in [0.29, 0.717) is 0 Å². The summed E-state index contributed by atoms with van der Waals surface area (Å²) in [7, 11) is 1.71. The van der Waals surface area contributed by atoms with Crippen LogP contribution in [0.1, 0.15) is 12.1 Å². The Bertz CT molecular complexity index is 228. The first-order chi connectivity index (χ1) is 5.74. The van der Waals surface area contributed by atoms with E-state index in [9.17, 15) is 0 Å². The van der Waals surface area contributed by atoms with Crippen LogP contribution in [-0.4, -0.2) is 23.5 Å². The highest BCUT2D eigenvalue weighted by molar-refractivity contribution is 9.10. The minimum atomic E-state index is 0.788. The van der Waals surface area contributed by atoms with Crippen molar-refractivity contribution in [1.29, 1.82) is 0 Å². The van der Waals surface area contributed by atoms with Crippen LogP contribution >= 0.6 is 15.9 Å². The molecule has 3 nitrogen and oxygen atoms in total. The molecular weight excluding hydrogens is 220 g/mol. The number of hydrogen-bond acceptors (Lipinski definition) is 2. The van der Waals surface area contributed by atoms with Gasteiger partial charge in [-0.3, -0.25) is 4.68 Å². The first kappa shape index (κ1) is 9.74. The van der Waals surface area contributed by atoms with Crippen LogP contribution in [-0.2, 0) is 11.3 Å². The van der Waals surface area contributed by atoms with E-state index in [-0.39, 0.29) is 0 Å². The number of aryl methyl sites for hydroxylation is 2. The molecule has 4 heteroatoms. The highest BCUT2D eigenvalue weighted by Crippen LogP contribution is 2.13. The zero-order valence-electron chi connectivity index (χ0n) is 7.38. The predicted octanol–water partition coefficient (Wildman–Crippen LogP) is 1.99. The molecule has 0 aliphatic rings. The van der Waals surface area contributed by atoms with E-state index in [4.69, 9.17) is 4.74 Å². The molecule has 0 N–H and O–H groups in total.